The van der Waals surface area contributed by atoms with E-state index < -0.39 is 0 Å². The summed E-state index contributed by atoms with van der Waals surface area (Å²) in [6.07, 6.45) is 3.88. The largest absolute Gasteiger partial charge is 0.497 e. The van der Waals surface area contributed by atoms with E-state index in [9.17, 15) is 0 Å². The number of aryl methyl sites for hydroxylation is 1. The molecule has 1 aliphatic carbocycles. The van der Waals surface area contributed by atoms with Gasteiger partial charge in [0.25, 0.3) is 0 Å². The van der Waals surface area contributed by atoms with Crippen molar-refractivity contribution in [2.24, 2.45) is 0 Å². The second kappa shape index (κ2) is 3.24. The summed E-state index contributed by atoms with van der Waals surface area (Å²) in [5, 5.41) is 3.41. The van der Waals surface area contributed by atoms with Crippen molar-refractivity contribution in [3.8, 4) is 5.75 Å². The highest BCUT2D eigenvalue weighted by atomic mass is 16.5. The molecule has 15 heavy (non-hydrogen) atoms. The van der Waals surface area contributed by atoms with Crippen molar-refractivity contribution in [1.82, 2.24) is 5.32 Å². The third-order valence-corrected chi connectivity index (χ3v) is 3.91. The molecule has 0 saturated carbocycles. The molecular weight excluding hydrogens is 186 g/mol. The first-order valence-electron chi connectivity index (χ1n) is 5.72. The van der Waals surface area contributed by atoms with Gasteiger partial charge in [-0.05, 0) is 42.5 Å². The molecule has 80 valence electrons. The maximum absolute atomic E-state index is 5.28. The molecule has 1 aliphatic heterocycles. The van der Waals surface area contributed by atoms with Crippen molar-refractivity contribution in [2.75, 3.05) is 20.2 Å². The van der Waals surface area contributed by atoms with E-state index >= 15 is 0 Å². The maximum Gasteiger partial charge on any atom is 0.119 e. The van der Waals surface area contributed by atoms with Crippen LogP contribution < -0.4 is 10.1 Å². The zero-order chi connectivity index (χ0) is 10.3. The standard InChI is InChI=1S/C13H17NO/c1-15-11-4-5-12-10(7-11)3-2-6-13(12)8-14-9-13/h4-5,7,14H,2-3,6,8-9H2,1H3. The Morgan fingerprint density at radius 3 is 2.87 bits per heavy atom. The second-order valence-electron chi connectivity index (χ2n) is 4.76. The molecular formula is C13H17NO. The van der Waals surface area contributed by atoms with Crippen molar-refractivity contribution < 1.29 is 4.74 Å². The number of ether oxygens (including phenoxy) is 1. The molecule has 3 rings (SSSR count). The summed E-state index contributed by atoms with van der Waals surface area (Å²) in [6, 6.07) is 6.59. The number of hydrogen-bond donors (Lipinski definition) is 1. The quantitative estimate of drug-likeness (QED) is 0.752. The Morgan fingerprint density at radius 1 is 1.33 bits per heavy atom. The molecule has 1 aromatic carbocycles. The zero-order valence-corrected chi connectivity index (χ0v) is 9.18. The van der Waals surface area contributed by atoms with Crippen molar-refractivity contribution >= 4 is 0 Å². The number of fused-ring (bicyclic) bond motifs is 2. The normalized spacial score (nSPS) is 21.9. The lowest BCUT2D eigenvalue weighted by molar-refractivity contribution is 0.239. The van der Waals surface area contributed by atoms with Crippen LogP contribution in [0.25, 0.3) is 0 Å². The number of nitrogens with one attached hydrogen (secondary N) is 1. The predicted octanol–water partition coefficient (Wildman–Crippen LogP) is 1.87. The van der Waals surface area contributed by atoms with Crippen LogP contribution in [-0.2, 0) is 11.8 Å². The third-order valence-electron chi connectivity index (χ3n) is 3.91. The van der Waals surface area contributed by atoms with Gasteiger partial charge in [0.2, 0.25) is 0 Å². The van der Waals surface area contributed by atoms with Crippen LogP contribution in [0.15, 0.2) is 18.2 Å². The average molecular weight is 203 g/mol. The molecule has 1 saturated heterocycles. The third kappa shape index (κ3) is 1.28. The molecule has 1 heterocycles. The van der Waals surface area contributed by atoms with Gasteiger partial charge in [0.1, 0.15) is 5.75 Å². The second-order valence-corrected chi connectivity index (χ2v) is 4.76. The van der Waals surface area contributed by atoms with E-state index in [4.69, 9.17) is 4.74 Å². The predicted molar refractivity (Wildman–Crippen MR) is 60.5 cm³/mol. The zero-order valence-electron chi connectivity index (χ0n) is 9.18. The fraction of sp³-hybridized carbons (Fsp3) is 0.538. The Morgan fingerprint density at radius 2 is 2.20 bits per heavy atom. The lowest BCUT2D eigenvalue weighted by Gasteiger charge is -2.47. The fourth-order valence-corrected chi connectivity index (χ4v) is 2.97. The first-order chi connectivity index (χ1) is 7.34. The lowest BCUT2D eigenvalue weighted by atomic mass is 9.66. The van der Waals surface area contributed by atoms with E-state index in [0.29, 0.717) is 5.41 Å². The first kappa shape index (κ1) is 9.22. The molecule has 0 unspecified atom stereocenters. The number of hydrogen-bond acceptors (Lipinski definition) is 2. The summed E-state index contributed by atoms with van der Waals surface area (Å²) in [6.45, 7) is 2.32. The summed E-state index contributed by atoms with van der Waals surface area (Å²) >= 11 is 0. The Balaban J connectivity index is 2.05. The van der Waals surface area contributed by atoms with Gasteiger partial charge in [-0.25, -0.2) is 0 Å². The minimum Gasteiger partial charge on any atom is -0.497 e. The minimum absolute atomic E-state index is 0.458. The Labute approximate surface area is 90.6 Å². The van der Waals surface area contributed by atoms with Crippen molar-refractivity contribution in [3.05, 3.63) is 29.3 Å². The molecule has 0 aromatic heterocycles. The van der Waals surface area contributed by atoms with Crippen LogP contribution in [0.5, 0.6) is 5.75 Å². The van der Waals surface area contributed by atoms with Gasteiger partial charge in [-0.1, -0.05) is 6.07 Å². The van der Waals surface area contributed by atoms with Crippen LogP contribution in [0.3, 0.4) is 0 Å². The number of benzene rings is 1. The van der Waals surface area contributed by atoms with Gasteiger partial charge >= 0.3 is 0 Å². The molecule has 2 nitrogen and oxygen atoms in total. The molecule has 0 radical (unpaired) electrons. The molecule has 2 aliphatic rings. The summed E-state index contributed by atoms with van der Waals surface area (Å²) in [5.41, 5.74) is 3.52. The van der Waals surface area contributed by atoms with Gasteiger partial charge in [-0.3, -0.25) is 0 Å². The van der Waals surface area contributed by atoms with E-state index in [1.807, 2.05) is 0 Å². The first-order valence-corrected chi connectivity index (χ1v) is 5.72. The molecule has 1 aromatic rings. The van der Waals surface area contributed by atoms with E-state index in [1.54, 1.807) is 12.7 Å². The maximum atomic E-state index is 5.28. The molecule has 1 fully saturated rings. The van der Waals surface area contributed by atoms with Gasteiger partial charge in [-0.15, -0.1) is 0 Å². The van der Waals surface area contributed by atoms with Crippen molar-refractivity contribution in [3.63, 3.8) is 0 Å². The SMILES string of the molecule is COc1ccc2c(c1)CCCC21CNC1. The summed E-state index contributed by atoms with van der Waals surface area (Å²) in [7, 11) is 1.74. The molecule has 2 heteroatoms. The van der Waals surface area contributed by atoms with E-state index in [-0.39, 0.29) is 0 Å². The fourth-order valence-electron chi connectivity index (χ4n) is 2.97. The molecule has 1 N–H and O–H groups in total. The number of methoxy groups -OCH3 is 1. The van der Waals surface area contributed by atoms with E-state index in [1.165, 1.54) is 24.8 Å². The molecule has 1 spiro atoms. The van der Waals surface area contributed by atoms with Gasteiger partial charge in [0.15, 0.2) is 0 Å². The van der Waals surface area contributed by atoms with Crippen LogP contribution in [0, 0.1) is 0 Å². The van der Waals surface area contributed by atoms with Crippen LogP contribution in [0.1, 0.15) is 24.0 Å². The summed E-state index contributed by atoms with van der Waals surface area (Å²) in [4.78, 5) is 0. The van der Waals surface area contributed by atoms with Crippen molar-refractivity contribution in [1.29, 1.82) is 0 Å². The summed E-state index contributed by atoms with van der Waals surface area (Å²) < 4.78 is 5.28. The van der Waals surface area contributed by atoms with Crippen LogP contribution in [0.2, 0.25) is 0 Å². The summed E-state index contributed by atoms with van der Waals surface area (Å²) in [5.74, 6) is 0.998. The highest BCUT2D eigenvalue weighted by Crippen LogP contribution is 2.41. The highest BCUT2D eigenvalue weighted by molar-refractivity contribution is 5.44. The minimum atomic E-state index is 0.458. The van der Waals surface area contributed by atoms with Crippen LogP contribution in [-0.4, -0.2) is 20.2 Å². The highest BCUT2D eigenvalue weighted by Gasteiger charge is 2.41. The molecule has 0 bridgehead atoms. The van der Waals surface area contributed by atoms with Gasteiger partial charge in [0, 0.05) is 18.5 Å². The van der Waals surface area contributed by atoms with Crippen LogP contribution >= 0.6 is 0 Å². The van der Waals surface area contributed by atoms with E-state index in [0.717, 1.165) is 18.8 Å². The van der Waals surface area contributed by atoms with Crippen molar-refractivity contribution in [2.45, 2.75) is 24.7 Å². The Kier molecular flexibility index (Phi) is 1.99. The van der Waals surface area contributed by atoms with Gasteiger partial charge < -0.3 is 10.1 Å². The van der Waals surface area contributed by atoms with Gasteiger partial charge in [0.05, 0.1) is 7.11 Å². The van der Waals surface area contributed by atoms with Gasteiger partial charge in [-0.2, -0.15) is 0 Å². The Hall–Kier alpha value is -1.02. The monoisotopic (exact) mass is 203 g/mol. The lowest BCUT2D eigenvalue weighted by Crippen LogP contribution is -2.58. The van der Waals surface area contributed by atoms with E-state index in [2.05, 4.69) is 23.5 Å². The Bertz CT molecular complexity index is 382. The number of rotatable bonds is 1. The average Bonchev–Trinajstić information content (AvgIpc) is 2.25. The topological polar surface area (TPSA) is 21.3 Å². The molecule has 0 amide bonds. The smallest absolute Gasteiger partial charge is 0.119 e. The molecule has 0 atom stereocenters. The van der Waals surface area contributed by atoms with Crippen LogP contribution in [0.4, 0.5) is 0 Å².